The topological polar surface area (TPSA) is 33.1 Å². The van der Waals surface area contributed by atoms with Gasteiger partial charge in [0, 0.05) is 10.8 Å². The van der Waals surface area contributed by atoms with Gasteiger partial charge in [-0.2, -0.15) is 5.26 Å². The highest BCUT2D eigenvalue weighted by Crippen LogP contribution is 2.43. The summed E-state index contributed by atoms with van der Waals surface area (Å²) in [5.41, 5.74) is 10.7. The fourth-order valence-electron chi connectivity index (χ4n) is 7.80. The van der Waals surface area contributed by atoms with E-state index in [0.29, 0.717) is 17.7 Å². The van der Waals surface area contributed by atoms with Crippen molar-refractivity contribution in [1.29, 1.82) is 5.26 Å². The molecule has 0 radical (unpaired) electrons. The second kappa shape index (κ2) is 11.9. The molecule has 0 amide bonds. The van der Waals surface area contributed by atoms with Crippen LogP contribution in [0.1, 0.15) is 16.7 Å². The summed E-state index contributed by atoms with van der Waals surface area (Å²) in [7, 11) is 0. The molecule has 1 aromatic heterocycles. The molecular formula is C47H29N3. The quantitative estimate of drug-likeness (QED) is 0.137. The number of hydrogen-bond acceptors (Lipinski definition) is 1. The third-order valence-corrected chi connectivity index (χ3v) is 9.98. The minimum Gasteiger partial charge on any atom is -0.308 e. The van der Waals surface area contributed by atoms with Crippen LogP contribution in [0.15, 0.2) is 164 Å². The summed E-state index contributed by atoms with van der Waals surface area (Å²) in [5, 5.41) is 17.4. The van der Waals surface area contributed by atoms with E-state index in [4.69, 9.17) is 6.57 Å². The number of aromatic nitrogens is 1. The van der Waals surface area contributed by atoms with Crippen LogP contribution in [-0.4, -0.2) is 4.57 Å². The fourth-order valence-corrected chi connectivity index (χ4v) is 7.80. The van der Waals surface area contributed by atoms with Gasteiger partial charge in [-0.15, -0.1) is 0 Å². The molecule has 0 aliphatic carbocycles. The first-order valence-corrected chi connectivity index (χ1v) is 16.8. The summed E-state index contributed by atoms with van der Waals surface area (Å²) in [6, 6.07) is 59.1. The standard InChI is InChI=1S/C47H29N3/c1-49-43-23-13-22-34(32-26-27-33(30-48)46(28-32)50-44-24-11-9-18-37(44)38-19-10-12-25-45(38)50)42(43)29-41-35-16-5-7-20-39(35)47(31-14-3-2-4-15-31)40-21-8-6-17-36(40)41/h2-28H,29H2. The summed E-state index contributed by atoms with van der Waals surface area (Å²) >= 11 is 0. The van der Waals surface area contributed by atoms with Crippen LogP contribution in [0.3, 0.4) is 0 Å². The van der Waals surface area contributed by atoms with Gasteiger partial charge in [-0.25, -0.2) is 4.85 Å². The van der Waals surface area contributed by atoms with Gasteiger partial charge in [0.15, 0.2) is 5.69 Å². The number of para-hydroxylation sites is 2. The van der Waals surface area contributed by atoms with Crippen molar-refractivity contribution in [2.75, 3.05) is 0 Å². The van der Waals surface area contributed by atoms with E-state index >= 15 is 0 Å². The van der Waals surface area contributed by atoms with Crippen molar-refractivity contribution in [2.24, 2.45) is 0 Å². The fraction of sp³-hybridized carbons (Fsp3) is 0.0213. The molecule has 0 bridgehead atoms. The second-order valence-corrected chi connectivity index (χ2v) is 12.6. The Bertz CT molecular complexity index is 2750. The predicted octanol–water partition coefficient (Wildman–Crippen LogP) is 12.4. The molecule has 0 aliphatic heterocycles. The van der Waals surface area contributed by atoms with Crippen molar-refractivity contribution in [3.05, 3.63) is 192 Å². The average molecular weight is 636 g/mol. The summed E-state index contributed by atoms with van der Waals surface area (Å²) in [6.07, 6.45) is 0.578. The van der Waals surface area contributed by atoms with Crippen LogP contribution in [0.5, 0.6) is 0 Å². The molecule has 0 aliphatic rings. The zero-order valence-corrected chi connectivity index (χ0v) is 27.1. The van der Waals surface area contributed by atoms with Gasteiger partial charge in [-0.3, -0.25) is 0 Å². The Balaban J connectivity index is 1.28. The smallest absolute Gasteiger partial charge is 0.191 e. The molecular weight excluding hydrogens is 607 g/mol. The van der Waals surface area contributed by atoms with Crippen LogP contribution in [-0.2, 0) is 6.42 Å². The Kier molecular flexibility index (Phi) is 6.98. The Hall–Kier alpha value is -6.94. The maximum absolute atomic E-state index is 10.4. The van der Waals surface area contributed by atoms with E-state index in [1.165, 1.54) is 38.2 Å². The highest BCUT2D eigenvalue weighted by molar-refractivity contribution is 6.15. The Morgan fingerprint density at radius 3 is 1.68 bits per heavy atom. The number of nitriles is 1. The van der Waals surface area contributed by atoms with E-state index in [0.717, 1.165) is 44.2 Å². The van der Waals surface area contributed by atoms with Gasteiger partial charge in [-0.1, -0.05) is 140 Å². The number of benzene rings is 8. The Labute approximate surface area is 290 Å². The molecule has 50 heavy (non-hydrogen) atoms. The van der Waals surface area contributed by atoms with Gasteiger partial charge in [0.1, 0.15) is 6.07 Å². The van der Waals surface area contributed by atoms with Crippen LogP contribution >= 0.6 is 0 Å². The molecule has 0 spiro atoms. The maximum atomic E-state index is 10.4. The highest BCUT2D eigenvalue weighted by Gasteiger charge is 2.20. The van der Waals surface area contributed by atoms with E-state index < -0.39 is 0 Å². The molecule has 0 atom stereocenters. The lowest BCUT2D eigenvalue weighted by Gasteiger charge is -2.20. The third kappa shape index (κ3) is 4.57. The lowest BCUT2D eigenvalue weighted by atomic mass is 9.84. The Morgan fingerprint density at radius 1 is 0.520 bits per heavy atom. The molecule has 0 saturated heterocycles. The molecule has 1 heterocycles. The molecule has 0 N–H and O–H groups in total. The maximum Gasteiger partial charge on any atom is 0.191 e. The van der Waals surface area contributed by atoms with Crippen LogP contribution < -0.4 is 0 Å². The molecule has 232 valence electrons. The van der Waals surface area contributed by atoms with Crippen LogP contribution in [0.25, 0.3) is 76.1 Å². The second-order valence-electron chi connectivity index (χ2n) is 12.6. The van der Waals surface area contributed by atoms with Gasteiger partial charge in [-0.05, 0) is 85.6 Å². The monoisotopic (exact) mass is 635 g/mol. The van der Waals surface area contributed by atoms with Crippen molar-refractivity contribution >= 4 is 49.0 Å². The van der Waals surface area contributed by atoms with E-state index in [9.17, 15) is 5.26 Å². The highest BCUT2D eigenvalue weighted by atomic mass is 15.0. The molecule has 0 saturated carbocycles. The van der Waals surface area contributed by atoms with Crippen molar-refractivity contribution in [3.63, 3.8) is 0 Å². The third-order valence-electron chi connectivity index (χ3n) is 9.98. The lowest BCUT2D eigenvalue weighted by Crippen LogP contribution is -2.00. The van der Waals surface area contributed by atoms with Crippen molar-refractivity contribution in [2.45, 2.75) is 6.42 Å². The molecule has 0 fully saturated rings. The minimum absolute atomic E-state index is 0.578. The largest absolute Gasteiger partial charge is 0.308 e. The summed E-state index contributed by atoms with van der Waals surface area (Å²) < 4.78 is 2.20. The summed E-state index contributed by atoms with van der Waals surface area (Å²) in [4.78, 5) is 4.06. The number of rotatable bonds is 5. The van der Waals surface area contributed by atoms with Gasteiger partial charge < -0.3 is 4.57 Å². The zero-order chi connectivity index (χ0) is 33.6. The van der Waals surface area contributed by atoms with E-state index in [1.54, 1.807) is 0 Å². The minimum atomic E-state index is 0.578. The summed E-state index contributed by atoms with van der Waals surface area (Å²) in [6.45, 7) is 8.26. The molecule has 0 unspecified atom stereocenters. The van der Waals surface area contributed by atoms with Crippen LogP contribution in [0.4, 0.5) is 5.69 Å². The van der Waals surface area contributed by atoms with Crippen molar-refractivity contribution < 1.29 is 0 Å². The van der Waals surface area contributed by atoms with Crippen molar-refractivity contribution in [3.8, 4) is 34.0 Å². The average Bonchev–Trinajstić information content (AvgIpc) is 3.52. The van der Waals surface area contributed by atoms with Gasteiger partial charge in [0.25, 0.3) is 0 Å². The first-order valence-electron chi connectivity index (χ1n) is 16.8. The number of nitrogens with zero attached hydrogens (tertiary/aromatic N) is 3. The molecule has 8 aromatic carbocycles. The van der Waals surface area contributed by atoms with Gasteiger partial charge >= 0.3 is 0 Å². The lowest BCUT2D eigenvalue weighted by molar-refractivity contribution is 1.17. The molecule has 3 heteroatoms. The van der Waals surface area contributed by atoms with Crippen molar-refractivity contribution in [1.82, 2.24) is 4.57 Å². The van der Waals surface area contributed by atoms with Gasteiger partial charge in [0.05, 0.1) is 28.9 Å². The van der Waals surface area contributed by atoms with E-state index in [2.05, 4.69) is 143 Å². The normalized spacial score (nSPS) is 11.2. The van der Waals surface area contributed by atoms with Gasteiger partial charge in [0.2, 0.25) is 0 Å². The Morgan fingerprint density at radius 2 is 1.08 bits per heavy atom. The number of fused-ring (bicyclic) bond motifs is 5. The first kappa shape index (κ1) is 29.2. The molecule has 3 nitrogen and oxygen atoms in total. The SMILES string of the molecule is [C-]#[N+]c1cccc(-c2ccc(C#N)c(-n3c4ccccc4c4ccccc43)c2)c1Cc1c2ccccc2c(-c2ccccc2)c2ccccc12. The number of hydrogen-bond donors (Lipinski definition) is 0. The van der Waals surface area contributed by atoms with E-state index in [1.807, 2.05) is 36.4 Å². The summed E-state index contributed by atoms with van der Waals surface area (Å²) in [5.74, 6) is 0. The van der Waals surface area contributed by atoms with Crippen LogP contribution in [0.2, 0.25) is 0 Å². The van der Waals surface area contributed by atoms with E-state index in [-0.39, 0.29) is 0 Å². The zero-order valence-electron chi connectivity index (χ0n) is 27.1. The first-order chi connectivity index (χ1) is 24.7. The molecule has 9 rings (SSSR count). The van der Waals surface area contributed by atoms with Crippen LogP contribution in [0, 0.1) is 17.9 Å². The predicted molar refractivity (Wildman–Crippen MR) is 207 cm³/mol. The molecule has 9 aromatic rings.